The number of carbonyl (C=O) groups excluding carboxylic acids is 1. The predicted molar refractivity (Wildman–Crippen MR) is 62.1 cm³/mol. The molecule has 16 heavy (non-hydrogen) atoms. The van der Waals surface area contributed by atoms with E-state index in [1.54, 1.807) is 25.3 Å². The molecule has 0 aliphatic carbocycles. The highest BCUT2D eigenvalue weighted by Crippen LogP contribution is 2.12. The largest absolute Gasteiger partial charge is 0.496 e. The van der Waals surface area contributed by atoms with Gasteiger partial charge in [-0.15, -0.1) is 0 Å². The van der Waals surface area contributed by atoms with E-state index in [0.717, 1.165) is 5.56 Å². The number of carbonyl (C=O) groups is 1. The monoisotopic (exact) mass is 219 g/mol. The van der Waals surface area contributed by atoms with E-state index in [2.05, 4.69) is 6.07 Å². The molecule has 0 saturated heterocycles. The molecule has 0 heterocycles. The number of hydrogen-bond donors (Lipinski definition) is 0. The number of benzene rings is 1. The molecule has 0 aromatic heterocycles. The van der Waals surface area contributed by atoms with Crippen LogP contribution in [-0.2, 0) is 9.53 Å². The van der Waals surface area contributed by atoms with Crippen LogP contribution in [0.3, 0.4) is 0 Å². The summed E-state index contributed by atoms with van der Waals surface area (Å²) in [4.78, 5) is 11.2. The highest BCUT2D eigenvalue weighted by molar-refractivity contribution is 5.87. The molecule has 3 nitrogen and oxygen atoms in total. The van der Waals surface area contributed by atoms with Crippen molar-refractivity contribution in [2.24, 2.45) is 0 Å². The molecular formula is C13H15O3. The van der Waals surface area contributed by atoms with Crippen LogP contribution in [0.4, 0.5) is 0 Å². The molecule has 0 fully saturated rings. The van der Waals surface area contributed by atoms with Gasteiger partial charge in [-0.3, -0.25) is 0 Å². The molecule has 0 aliphatic heterocycles. The minimum atomic E-state index is -0.346. The van der Waals surface area contributed by atoms with Crippen molar-refractivity contribution in [3.8, 4) is 5.75 Å². The number of ether oxygens (including phenoxy) is 2. The Bertz CT molecular complexity index is 381. The number of methoxy groups -OCH3 is 1. The van der Waals surface area contributed by atoms with E-state index in [9.17, 15) is 4.79 Å². The summed E-state index contributed by atoms with van der Waals surface area (Å²) in [6.45, 7) is 3.62. The van der Waals surface area contributed by atoms with Crippen LogP contribution >= 0.6 is 0 Å². The lowest BCUT2D eigenvalue weighted by atomic mass is 10.2. The fourth-order valence-electron chi connectivity index (χ4n) is 1.12. The molecule has 0 aliphatic rings. The van der Waals surface area contributed by atoms with E-state index in [4.69, 9.17) is 9.47 Å². The van der Waals surface area contributed by atoms with Gasteiger partial charge in [-0.25, -0.2) is 4.79 Å². The first-order valence-corrected chi connectivity index (χ1v) is 5.06. The van der Waals surface area contributed by atoms with Gasteiger partial charge in [0.2, 0.25) is 0 Å². The number of rotatable bonds is 4. The highest BCUT2D eigenvalue weighted by Gasteiger charge is 2.00. The Balaban J connectivity index is 2.65. The molecule has 0 unspecified atom stereocenters. The van der Waals surface area contributed by atoms with Crippen molar-refractivity contribution in [1.29, 1.82) is 0 Å². The van der Waals surface area contributed by atoms with Crippen molar-refractivity contribution in [3.05, 3.63) is 35.9 Å². The molecule has 1 aromatic carbocycles. The van der Waals surface area contributed by atoms with Crippen LogP contribution in [0.5, 0.6) is 5.75 Å². The zero-order valence-electron chi connectivity index (χ0n) is 9.69. The lowest BCUT2D eigenvalue weighted by Crippen LogP contribution is -2.08. The summed E-state index contributed by atoms with van der Waals surface area (Å²) in [7, 11) is 1.58. The molecule has 1 rings (SSSR count). The van der Waals surface area contributed by atoms with E-state index in [0.29, 0.717) is 5.75 Å². The van der Waals surface area contributed by atoms with Crippen LogP contribution in [0, 0.1) is 6.07 Å². The fourth-order valence-corrected chi connectivity index (χ4v) is 1.12. The molecule has 0 atom stereocenters. The molecule has 0 spiro atoms. The minimum Gasteiger partial charge on any atom is -0.496 e. The Labute approximate surface area is 95.7 Å². The Hall–Kier alpha value is -1.77. The van der Waals surface area contributed by atoms with Gasteiger partial charge < -0.3 is 9.47 Å². The van der Waals surface area contributed by atoms with Gasteiger partial charge in [0.15, 0.2) is 0 Å². The number of hydrogen-bond acceptors (Lipinski definition) is 3. The van der Waals surface area contributed by atoms with Crippen molar-refractivity contribution in [3.63, 3.8) is 0 Å². The lowest BCUT2D eigenvalue weighted by molar-refractivity contribution is -0.141. The highest BCUT2D eigenvalue weighted by atomic mass is 16.5. The first kappa shape index (κ1) is 12.3. The Morgan fingerprint density at radius 2 is 2.25 bits per heavy atom. The zero-order chi connectivity index (χ0) is 12.0. The van der Waals surface area contributed by atoms with Crippen molar-refractivity contribution in [2.75, 3.05) is 7.11 Å². The molecule has 0 amide bonds. The van der Waals surface area contributed by atoms with Gasteiger partial charge in [-0.05, 0) is 37.6 Å². The van der Waals surface area contributed by atoms with Crippen molar-refractivity contribution in [2.45, 2.75) is 20.0 Å². The van der Waals surface area contributed by atoms with E-state index in [-0.39, 0.29) is 12.1 Å². The van der Waals surface area contributed by atoms with Gasteiger partial charge >= 0.3 is 5.97 Å². The van der Waals surface area contributed by atoms with E-state index in [1.807, 2.05) is 19.9 Å². The van der Waals surface area contributed by atoms with Crippen LogP contribution in [-0.4, -0.2) is 19.2 Å². The van der Waals surface area contributed by atoms with Gasteiger partial charge in [0.25, 0.3) is 0 Å². The smallest absolute Gasteiger partial charge is 0.331 e. The lowest BCUT2D eigenvalue weighted by Gasteiger charge is -2.04. The van der Waals surface area contributed by atoms with E-state index < -0.39 is 0 Å². The molecule has 1 radical (unpaired) electrons. The van der Waals surface area contributed by atoms with Crippen LogP contribution in [0.2, 0.25) is 0 Å². The zero-order valence-corrected chi connectivity index (χ0v) is 9.69. The molecule has 85 valence electrons. The minimum absolute atomic E-state index is 0.101. The first-order valence-electron chi connectivity index (χ1n) is 5.06. The summed E-state index contributed by atoms with van der Waals surface area (Å²) in [6.07, 6.45) is 2.98. The maximum absolute atomic E-state index is 11.2. The summed E-state index contributed by atoms with van der Waals surface area (Å²) >= 11 is 0. The summed E-state index contributed by atoms with van der Waals surface area (Å²) in [5.74, 6) is 0.293. The first-order chi connectivity index (χ1) is 7.61. The normalized spacial score (nSPS) is 10.8. The third kappa shape index (κ3) is 4.17. The molecule has 3 heteroatoms. The topological polar surface area (TPSA) is 35.5 Å². The molecular weight excluding hydrogens is 204 g/mol. The fraction of sp³-hybridized carbons (Fsp3) is 0.308. The third-order valence-corrected chi connectivity index (χ3v) is 1.78. The third-order valence-electron chi connectivity index (χ3n) is 1.78. The molecule has 0 saturated carbocycles. The maximum Gasteiger partial charge on any atom is 0.331 e. The van der Waals surface area contributed by atoms with Crippen LogP contribution < -0.4 is 4.74 Å². The average molecular weight is 219 g/mol. The summed E-state index contributed by atoms with van der Waals surface area (Å²) in [5.41, 5.74) is 0.872. The summed E-state index contributed by atoms with van der Waals surface area (Å²) in [6, 6.07) is 8.27. The van der Waals surface area contributed by atoms with Crippen LogP contribution in [0.25, 0.3) is 6.08 Å². The van der Waals surface area contributed by atoms with E-state index in [1.165, 1.54) is 6.08 Å². The number of esters is 1. The van der Waals surface area contributed by atoms with Gasteiger partial charge in [0.05, 0.1) is 13.2 Å². The molecule has 1 aromatic rings. The second-order valence-electron chi connectivity index (χ2n) is 3.51. The standard InChI is InChI=1S/C13H15O3/c1-10(2)16-13(14)8-7-11-5-4-6-12(9-11)15-3/h4-5,7-10H,1-3H3/b8-7+. The molecule has 0 N–H and O–H groups in total. The van der Waals surface area contributed by atoms with Crippen LogP contribution in [0.15, 0.2) is 24.3 Å². The average Bonchev–Trinajstić information content (AvgIpc) is 2.26. The SMILES string of the molecule is COc1[c]ccc(/C=C/C(=O)OC(C)C)c1. The summed E-state index contributed by atoms with van der Waals surface area (Å²) < 4.78 is 9.98. The molecule has 0 bridgehead atoms. The van der Waals surface area contributed by atoms with Gasteiger partial charge in [-0.2, -0.15) is 0 Å². The second-order valence-corrected chi connectivity index (χ2v) is 3.51. The Morgan fingerprint density at radius 3 is 2.88 bits per heavy atom. The predicted octanol–water partition coefficient (Wildman–Crippen LogP) is 2.46. The van der Waals surface area contributed by atoms with Crippen molar-refractivity contribution >= 4 is 12.0 Å². The Morgan fingerprint density at radius 1 is 1.50 bits per heavy atom. The summed E-state index contributed by atoms with van der Waals surface area (Å²) in [5, 5.41) is 0. The van der Waals surface area contributed by atoms with Crippen LogP contribution in [0.1, 0.15) is 19.4 Å². The van der Waals surface area contributed by atoms with Crippen molar-refractivity contribution < 1.29 is 14.3 Å². The maximum atomic E-state index is 11.2. The second kappa shape index (κ2) is 5.95. The van der Waals surface area contributed by atoms with Gasteiger partial charge in [0.1, 0.15) is 5.75 Å². The quantitative estimate of drug-likeness (QED) is 0.576. The van der Waals surface area contributed by atoms with Crippen molar-refractivity contribution in [1.82, 2.24) is 0 Å². The Kier molecular flexibility index (Phi) is 4.58. The van der Waals surface area contributed by atoms with E-state index >= 15 is 0 Å². The van der Waals surface area contributed by atoms with Gasteiger partial charge in [-0.1, -0.05) is 6.07 Å². The van der Waals surface area contributed by atoms with Gasteiger partial charge in [0, 0.05) is 12.1 Å².